The third kappa shape index (κ3) is 5.45. The Bertz CT molecular complexity index is 1050. The number of nitrogens with two attached hydrogens (primary N) is 1. The van der Waals surface area contributed by atoms with E-state index in [0.717, 1.165) is 12.2 Å². The maximum absolute atomic E-state index is 12.3. The van der Waals surface area contributed by atoms with E-state index in [0.29, 0.717) is 50.2 Å². The number of carbonyl (C=O) groups is 1. The third-order valence-corrected chi connectivity index (χ3v) is 5.15. The molecule has 11 nitrogen and oxygen atoms in total. The Morgan fingerprint density at radius 3 is 2.58 bits per heavy atom. The molecule has 3 N–H and O–H groups in total. The highest BCUT2D eigenvalue weighted by Crippen LogP contribution is 2.26. The topological polar surface area (TPSA) is 118 Å². The summed E-state index contributed by atoms with van der Waals surface area (Å²) >= 11 is 0. The first kappa shape index (κ1) is 22.6. The molecule has 2 aromatic heterocycles. The Balaban J connectivity index is 1.56. The molecule has 33 heavy (non-hydrogen) atoms. The van der Waals surface area contributed by atoms with Crippen LogP contribution in [0.3, 0.4) is 0 Å². The average molecular weight is 452 g/mol. The van der Waals surface area contributed by atoms with Gasteiger partial charge in [-0.25, -0.2) is 15.0 Å². The number of hydrazine groups is 1. The summed E-state index contributed by atoms with van der Waals surface area (Å²) < 4.78 is 6.97. The molecule has 11 heteroatoms. The number of anilines is 3. The minimum absolute atomic E-state index is 0.175. The van der Waals surface area contributed by atoms with E-state index in [1.807, 2.05) is 54.3 Å². The Morgan fingerprint density at radius 1 is 1.15 bits per heavy atom. The summed E-state index contributed by atoms with van der Waals surface area (Å²) in [5.41, 5.74) is 7.60. The predicted octanol–water partition coefficient (Wildman–Crippen LogP) is 0.921. The Labute approximate surface area is 192 Å². The van der Waals surface area contributed by atoms with Crippen LogP contribution >= 0.6 is 0 Å². The molecule has 0 aliphatic carbocycles. The standard InChI is InChI=1S/C22H29N9O2/c1-28(2)11-10-24-20(32)17-8-9-19(25-16-17)30-21(23)26-22(27-30)31(18-6-4-3-5-7-18)29-12-14-33-15-13-29/h3-9,16H,10-15H2,1-2H3,(H,24,32)(H2,23,26,27). The Hall–Kier alpha value is -3.54. The van der Waals surface area contributed by atoms with Crippen LogP contribution in [0.1, 0.15) is 10.4 Å². The molecule has 3 aromatic rings. The highest BCUT2D eigenvalue weighted by molar-refractivity contribution is 5.93. The molecular formula is C22H29N9O2. The van der Waals surface area contributed by atoms with Gasteiger partial charge in [0.25, 0.3) is 11.9 Å². The Kier molecular flexibility index (Phi) is 7.13. The fourth-order valence-electron chi connectivity index (χ4n) is 3.44. The molecule has 4 rings (SSSR count). The molecule has 0 radical (unpaired) electrons. The number of nitrogens with zero attached hydrogens (tertiary/aromatic N) is 7. The first-order valence-corrected chi connectivity index (χ1v) is 10.8. The van der Waals surface area contributed by atoms with Crippen molar-refractivity contribution in [2.75, 3.05) is 64.2 Å². The quantitative estimate of drug-likeness (QED) is 0.515. The molecule has 3 heterocycles. The third-order valence-electron chi connectivity index (χ3n) is 5.15. The number of ether oxygens (including phenoxy) is 1. The highest BCUT2D eigenvalue weighted by atomic mass is 16.5. The van der Waals surface area contributed by atoms with Crippen LogP contribution in [0.25, 0.3) is 5.82 Å². The summed E-state index contributed by atoms with van der Waals surface area (Å²) in [6, 6.07) is 13.3. The number of likely N-dealkylation sites (N-methyl/N-ethyl adjacent to an activating group) is 1. The number of carbonyl (C=O) groups excluding carboxylic acids is 1. The Morgan fingerprint density at radius 2 is 1.91 bits per heavy atom. The van der Waals surface area contributed by atoms with Crippen LogP contribution in [0.5, 0.6) is 0 Å². The zero-order valence-corrected chi connectivity index (χ0v) is 18.9. The zero-order valence-electron chi connectivity index (χ0n) is 18.9. The molecular weight excluding hydrogens is 422 g/mol. The zero-order chi connectivity index (χ0) is 23.2. The van der Waals surface area contributed by atoms with Gasteiger partial charge in [-0.2, -0.15) is 9.67 Å². The predicted molar refractivity (Wildman–Crippen MR) is 125 cm³/mol. The molecule has 0 saturated carbocycles. The molecule has 174 valence electrons. The van der Waals surface area contributed by atoms with Gasteiger partial charge < -0.3 is 20.7 Å². The fraction of sp³-hybridized carbons (Fsp3) is 0.364. The summed E-state index contributed by atoms with van der Waals surface area (Å²) in [7, 11) is 3.91. The number of para-hydroxylation sites is 1. The van der Waals surface area contributed by atoms with E-state index in [-0.39, 0.29) is 11.9 Å². The number of hydrogen-bond acceptors (Lipinski definition) is 9. The van der Waals surface area contributed by atoms with E-state index < -0.39 is 0 Å². The van der Waals surface area contributed by atoms with Crippen LogP contribution in [-0.4, -0.2) is 89.1 Å². The van der Waals surface area contributed by atoms with Crippen LogP contribution in [0, 0.1) is 0 Å². The van der Waals surface area contributed by atoms with Crippen LogP contribution in [-0.2, 0) is 4.74 Å². The van der Waals surface area contributed by atoms with Gasteiger partial charge in [0.2, 0.25) is 5.95 Å². The van der Waals surface area contributed by atoms with Gasteiger partial charge >= 0.3 is 0 Å². The van der Waals surface area contributed by atoms with Crippen molar-refractivity contribution < 1.29 is 9.53 Å². The minimum Gasteiger partial charge on any atom is -0.379 e. The fourth-order valence-corrected chi connectivity index (χ4v) is 3.44. The van der Waals surface area contributed by atoms with E-state index in [1.54, 1.807) is 12.1 Å². The van der Waals surface area contributed by atoms with Crippen molar-refractivity contribution in [2.24, 2.45) is 0 Å². The second-order valence-corrected chi connectivity index (χ2v) is 7.86. The summed E-state index contributed by atoms with van der Waals surface area (Å²) in [4.78, 5) is 23.2. The number of benzene rings is 1. The SMILES string of the molecule is CN(C)CCNC(=O)c1ccc(-n2nc(N(c3ccccc3)N3CCOCC3)nc2N)nc1. The summed E-state index contributed by atoms with van der Waals surface area (Å²) in [5, 5.41) is 11.6. The van der Waals surface area contributed by atoms with Crippen molar-refractivity contribution >= 4 is 23.5 Å². The summed E-state index contributed by atoms with van der Waals surface area (Å²) in [6.07, 6.45) is 1.51. The second kappa shape index (κ2) is 10.4. The van der Waals surface area contributed by atoms with Gasteiger partial charge in [-0.3, -0.25) is 4.79 Å². The number of morpholine rings is 1. The lowest BCUT2D eigenvalue weighted by Gasteiger charge is -2.36. The number of nitrogen functional groups attached to an aromatic ring is 1. The number of nitrogens with one attached hydrogen (secondary N) is 1. The second-order valence-electron chi connectivity index (χ2n) is 7.86. The molecule has 1 aliphatic rings. The molecule has 1 fully saturated rings. The van der Waals surface area contributed by atoms with Crippen molar-refractivity contribution in [3.63, 3.8) is 0 Å². The number of pyridine rings is 1. The first-order chi connectivity index (χ1) is 16.0. The van der Waals surface area contributed by atoms with Gasteiger partial charge in [0.05, 0.1) is 24.5 Å². The lowest BCUT2D eigenvalue weighted by Crippen LogP contribution is -2.47. The minimum atomic E-state index is -0.175. The normalized spacial score (nSPS) is 14.4. The molecule has 1 aromatic carbocycles. The molecule has 0 atom stereocenters. The maximum atomic E-state index is 12.3. The number of amides is 1. The number of hydrogen-bond donors (Lipinski definition) is 2. The van der Waals surface area contributed by atoms with Crippen molar-refractivity contribution in [2.45, 2.75) is 0 Å². The molecule has 1 aliphatic heterocycles. The largest absolute Gasteiger partial charge is 0.379 e. The van der Waals surface area contributed by atoms with E-state index in [2.05, 4.69) is 25.4 Å². The molecule has 0 unspecified atom stereocenters. The van der Waals surface area contributed by atoms with Crippen LogP contribution in [0.15, 0.2) is 48.7 Å². The van der Waals surface area contributed by atoms with Gasteiger partial charge in [0.15, 0.2) is 5.82 Å². The number of rotatable bonds is 8. The van der Waals surface area contributed by atoms with Gasteiger partial charge in [-0.15, -0.1) is 5.10 Å². The monoisotopic (exact) mass is 451 g/mol. The smallest absolute Gasteiger partial charge is 0.266 e. The molecule has 1 amide bonds. The van der Waals surface area contributed by atoms with Crippen molar-refractivity contribution in [3.05, 3.63) is 54.2 Å². The lowest BCUT2D eigenvalue weighted by atomic mass is 10.2. The maximum Gasteiger partial charge on any atom is 0.266 e. The average Bonchev–Trinajstić information content (AvgIpc) is 3.21. The van der Waals surface area contributed by atoms with Gasteiger partial charge in [-0.1, -0.05) is 18.2 Å². The summed E-state index contributed by atoms with van der Waals surface area (Å²) in [5.74, 6) is 0.944. The van der Waals surface area contributed by atoms with Crippen LogP contribution < -0.4 is 16.1 Å². The van der Waals surface area contributed by atoms with E-state index in [9.17, 15) is 4.79 Å². The van der Waals surface area contributed by atoms with Crippen molar-refractivity contribution in [3.8, 4) is 5.82 Å². The van der Waals surface area contributed by atoms with E-state index >= 15 is 0 Å². The summed E-state index contributed by atoms with van der Waals surface area (Å²) in [6.45, 7) is 3.98. The van der Waals surface area contributed by atoms with Crippen molar-refractivity contribution in [1.29, 1.82) is 0 Å². The molecule has 1 saturated heterocycles. The van der Waals surface area contributed by atoms with Gasteiger partial charge in [0.1, 0.15) is 0 Å². The first-order valence-electron chi connectivity index (χ1n) is 10.8. The highest BCUT2D eigenvalue weighted by Gasteiger charge is 2.25. The lowest BCUT2D eigenvalue weighted by molar-refractivity contribution is 0.0371. The van der Waals surface area contributed by atoms with Crippen LogP contribution in [0.4, 0.5) is 17.6 Å². The van der Waals surface area contributed by atoms with Gasteiger partial charge in [-0.05, 0) is 38.4 Å². The van der Waals surface area contributed by atoms with Gasteiger partial charge in [0, 0.05) is 32.4 Å². The van der Waals surface area contributed by atoms with E-state index in [4.69, 9.17) is 10.5 Å². The van der Waals surface area contributed by atoms with Crippen LogP contribution in [0.2, 0.25) is 0 Å². The molecule has 0 spiro atoms. The van der Waals surface area contributed by atoms with Crippen molar-refractivity contribution in [1.82, 2.24) is 35.0 Å². The van der Waals surface area contributed by atoms with E-state index in [1.165, 1.54) is 10.9 Å². The molecule has 0 bridgehead atoms. The number of aromatic nitrogens is 4.